The van der Waals surface area contributed by atoms with Crippen LogP contribution in [0.25, 0.3) is 22.1 Å². The Morgan fingerprint density at radius 2 is 2.00 bits per heavy atom. The smallest absolute Gasteiger partial charge is 0.344 e. The molecule has 27 heavy (non-hydrogen) atoms. The van der Waals surface area contributed by atoms with E-state index in [1.807, 2.05) is 55.5 Å². The quantitative estimate of drug-likeness (QED) is 0.487. The largest absolute Gasteiger partial charge is 0.478 e. The summed E-state index contributed by atoms with van der Waals surface area (Å²) in [5, 5.41) is 0.909. The first kappa shape index (κ1) is 17.8. The molecular formula is C22H23NO4. The fraction of sp³-hybridized carbons (Fsp3) is 0.318. The SMILES string of the molecule is CCOCCCN1COc2ccc3cc(-c4ccccc4)c(=O)oc3c2C1. The van der Waals surface area contributed by atoms with Gasteiger partial charge in [0, 0.05) is 31.7 Å². The Balaban J connectivity index is 1.65. The van der Waals surface area contributed by atoms with E-state index in [0.29, 0.717) is 24.4 Å². The number of hydrogen-bond acceptors (Lipinski definition) is 5. The van der Waals surface area contributed by atoms with E-state index in [1.54, 1.807) is 0 Å². The number of fused-ring (bicyclic) bond motifs is 3. The second kappa shape index (κ2) is 7.94. The molecule has 0 saturated carbocycles. The molecule has 0 bridgehead atoms. The molecule has 1 aromatic heterocycles. The summed E-state index contributed by atoms with van der Waals surface area (Å²) >= 11 is 0. The number of rotatable bonds is 6. The van der Waals surface area contributed by atoms with Crippen LogP contribution in [0.5, 0.6) is 5.75 Å². The molecule has 5 nitrogen and oxygen atoms in total. The van der Waals surface area contributed by atoms with E-state index in [-0.39, 0.29) is 5.63 Å². The van der Waals surface area contributed by atoms with Gasteiger partial charge in [-0.25, -0.2) is 4.79 Å². The second-order valence-electron chi connectivity index (χ2n) is 6.65. The maximum Gasteiger partial charge on any atom is 0.344 e. The Hall–Kier alpha value is -2.63. The van der Waals surface area contributed by atoms with Crippen molar-refractivity contribution < 1.29 is 13.9 Å². The molecule has 0 unspecified atom stereocenters. The van der Waals surface area contributed by atoms with Gasteiger partial charge in [-0.1, -0.05) is 30.3 Å². The molecule has 0 aliphatic carbocycles. The zero-order valence-electron chi connectivity index (χ0n) is 15.4. The van der Waals surface area contributed by atoms with Crippen molar-refractivity contribution in [2.45, 2.75) is 19.9 Å². The van der Waals surface area contributed by atoms with Gasteiger partial charge in [0.15, 0.2) is 0 Å². The molecule has 0 radical (unpaired) electrons. The van der Waals surface area contributed by atoms with E-state index in [1.165, 1.54) is 0 Å². The van der Waals surface area contributed by atoms with Gasteiger partial charge in [-0.3, -0.25) is 4.90 Å². The van der Waals surface area contributed by atoms with Crippen molar-refractivity contribution in [2.24, 2.45) is 0 Å². The average Bonchev–Trinajstić information content (AvgIpc) is 2.71. The maximum atomic E-state index is 12.6. The second-order valence-corrected chi connectivity index (χ2v) is 6.65. The summed E-state index contributed by atoms with van der Waals surface area (Å²) in [5.74, 6) is 0.791. The Morgan fingerprint density at radius 1 is 1.15 bits per heavy atom. The van der Waals surface area contributed by atoms with Gasteiger partial charge >= 0.3 is 5.63 Å². The lowest BCUT2D eigenvalue weighted by molar-refractivity contribution is 0.0772. The molecule has 0 atom stereocenters. The number of ether oxygens (including phenoxy) is 2. The molecule has 2 aromatic carbocycles. The summed E-state index contributed by atoms with van der Waals surface area (Å²) < 4.78 is 17.0. The molecule has 2 heterocycles. The van der Waals surface area contributed by atoms with Crippen LogP contribution in [0.3, 0.4) is 0 Å². The average molecular weight is 365 g/mol. The van der Waals surface area contributed by atoms with Gasteiger partial charge in [0.1, 0.15) is 18.1 Å². The van der Waals surface area contributed by atoms with Crippen LogP contribution in [0.15, 0.2) is 57.7 Å². The van der Waals surface area contributed by atoms with E-state index < -0.39 is 0 Å². The third-order valence-electron chi connectivity index (χ3n) is 4.80. The fourth-order valence-electron chi connectivity index (χ4n) is 3.44. The van der Waals surface area contributed by atoms with E-state index in [0.717, 1.165) is 48.4 Å². The lowest BCUT2D eigenvalue weighted by Crippen LogP contribution is -2.33. The van der Waals surface area contributed by atoms with Crippen molar-refractivity contribution in [3.63, 3.8) is 0 Å². The molecule has 0 spiro atoms. The zero-order chi connectivity index (χ0) is 18.6. The number of benzene rings is 2. The molecule has 0 fully saturated rings. The first-order chi connectivity index (χ1) is 13.3. The fourth-order valence-corrected chi connectivity index (χ4v) is 3.44. The van der Waals surface area contributed by atoms with Gasteiger partial charge in [-0.15, -0.1) is 0 Å². The predicted octanol–water partition coefficient (Wildman–Crippen LogP) is 4.04. The van der Waals surface area contributed by atoms with E-state index in [4.69, 9.17) is 13.9 Å². The van der Waals surface area contributed by atoms with Gasteiger partial charge in [0.25, 0.3) is 0 Å². The number of hydrogen-bond donors (Lipinski definition) is 0. The molecule has 140 valence electrons. The monoisotopic (exact) mass is 365 g/mol. The summed E-state index contributed by atoms with van der Waals surface area (Å²) in [7, 11) is 0. The summed E-state index contributed by atoms with van der Waals surface area (Å²) in [4.78, 5) is 14.8. The van der Waals surface area contributed by atoms with E-state index in [2.05, 4.69) is 4.90 Å². The summed E-state index contributed by atoms with van der Waals surface area (Å²) in [6.07, 6.45) is 0.944. The Kier molecular flexibility index (Phi) is 5.23. The Bertz CT molecular complexity index is 981. The van der Waals surface area contributed by atoms with Crippen molar-refractivity contribution in [2.75, 3.05) is 26.5 Å². The molecule has 1 aliphatic heterocycles. The molecule has 0 N–H and O–H groups in total. The van der Waals surface area contributed by atoms with Crippen molar-refractivity contribution in [3.05, 3.63) is 64.5 Å². The lowest BCUT2D eigenvalue weighted by Gasteiger charge is -2.29. The molecule has 1 aliphatic rings. The van der Waals surface area contributed by atoms with Crippen LogP contribution < -0.4 is 10.4 Å². The maximum absolute atomic E-state index is 12.6. The molecule has 5 heteroatoms. The highest BCUT2D eigenvalue weighted by Gasteiger charge is 2.21. The Morgan fingerprint density at radius 3 is 2.81 bits per heavy atom. The van der Waals surface area contributed by atoms with Gasteiger partial charge < -0.3 is 13.9 Å². The van der Waals surface area contributed by atoms with Crippen LogP contribution in [-0.2, 0) is 11.3 Å². The first-order valence-corrected chi connectivity index (χ1v) is 9.34. The van der Waals surface area contributed by atoms with Crippen LogP contribution in [0.2, 0.25) is 0 Å². The third kappa shape index (κ3) is 3.75. The topological polar surface area (TPSA) is 51.9 Å². The highest BCUT2D eigenvalue weighted by atomic mass is 16.5. The molecule has 0 amide bonds. The van der Waals surface area contributed by atoms with Crippen LogP contribution in [0, 0.1) is 0 Å². The summed E-state index contributed by atoms with van der Waals surface area (Å²) in [6.45, 7) is 5.59. The van der Waals surface area contributed by atoms with Crippen molar-refractivity contribution in [1.29, 1.82) is 0 Å². The molecule has 0 saturated heterocycles. The Labute approximate surface area is 158 Å². The standard InChI is InChI=1S/C22H23NO4/c1-2-25-12-6-11-23-14-19-20(26-15-23)10-9-17-13-18(22(24)27-21(17)19)16-7-4-3-5-8-16/h3-5,7-10,13H,2,6,11-12,14-15H2,1H3. The predicted molar refractivity (Wildman–Crippen MR) is 105 cm³/mol. The molecule has 4 rings (SSSR count). The van der Waals surface area contributed by atoms with Gasteiger partial charge in [-0.05, 0) is 37.1 Å². The minimum absolute atomic E-state index is 0.324. The molecular weight excluding hydrogens is 342 g/mol. The van der Waals surface area contributed by atoms with Gasteiger partial charge in [-0.2, -0.15) is 0 Å². The summed E-state index contributed by atoms with van der Waals surface area (Å²) in [6, 6.07) is 15.4. The van der Waals surface area contributed by atoms with Crippen LogP contribution >= 0.6 is 0 Å². The van der Waals surface area contributed by atoms with Crippen LogP contribution in [0.4, 0.5) is 0 Å². The van der Waals surface area contributed by atoms with Crippen molar-refractivity contribution in [3.8, 4) is 16.9 Å². The zero-order valence-corrected chi connectivity index (χ0v) is 15.4. The highest BCUT2D eigenvalue weighted by molar-refractivity contribution is 5.86. The summed E-state index contributed by atoms with van der Waals surface area (Å²) in [5.41, 5.74) is 2.67. The third-order valence-corrected chi connectivity index (χ3v) is 4.80. The minimum Gasteiger partial charge on any atom is -0.478 e. The van der Waals surface area contributed by atoms with E-state index in [9.17, 15) is 4.79 Å². The van der Waals surface area contributed by atoms with Crippen molar-refractivity contribution in [1.82, 2.24) is 4.90 Å². The van der Waals surface area contributed by atoms with Gasteiger partial charge in [0.2, 0.25) is 0 Å². The number of nitrogens with zero attached hydrogens (tertiary/aromatic N) is 1. The van der Waals surface area contributed by atoms with Crippen molar-refractivity contribution >= 4 is 11.0 Å². The first-order valence-electron chi connectivity index (χ1n) is 9.34. The lowest BCUT2D eigenvalue weighted by atomic mass is 10.0. The van der Waals surface area contributed by atoms with Gasteiger partial charge in [0.05, 0.1) is 11.1 Å². The van der Waals surface area contributed by atoms with Crippen LogP contribution in [0.1, 0.15) is 18.9 Å². The minimum atomic E-state index is -0.324. The van der Waals surface area contributed by atoms with E-state index >= 15 is 0 Å². The highest BCUT2D eigenvalue weighted by Crippen LogP contribution is 2.33. The molecule has 3 aromatic rings. The normalized spacial score (nSPS) is 14.1. The van der Waals surface area contributed by atoms with Crippen LogP contribution in [-0.4, -0.2) is 31.4 Å².